The van der Waals surface area contributed by atoms with Crippen LogP contribution >= 0.6 is 11.6 Å². The molecule has 2 aliphatic rings. The molecular weight excluding hydrogens is 276 g/mol. The van der Waals surface area contributed by atoms with Crippen molar-refractivity contribution < 1.29 is 9.53 Å². The van der Waals surface area contributed by atoms with Crippen LogP contribution in [0.1, 0.15) is 18.4 Å². The van der Waals surface area contributed by atoms with E-state index in [1.807, 2.05) is 23.1 Å². The number of carbonyl (C=O) groups excluding carboxylic acids is 1. The lowest BCUT2D eigenvalue weighted by molar-refractivity contribution is -0.132. The molecule has 1 aromatic carbocycles. The fraction of sp³-hybridized carbons (Fsp3) is 0.533. The summed E-state index contributed by atoms with van der Waals surface area (Å²) >= 11 is 6.21. The topological polar surface area (TPSA) is 55.6 Å². The molecule has 2 N–H and O–H groups in total. The minimum atomic E-state index is -0.470. The van der Waals surface area contributed by atoms with Crippen LogP contribution in [0.15, 0.2) is 18.2 Å². The maximum Gasteiger partial charge on any atom is 0.234 e. The highest BCUT2D eigenvalue weighted by atomic mass is 35.5. The quantitative estimate of drug-likeness (QED) is 0.907. The lowest BCUT2D eigenvalue weighted by atomic mass is 9.79. The van der Waals surface area contributed by atoms with E-state index >= 15 is 0 Å². The standard InChI is InChI=1S/C15H19ClN2O2/c16-12-2-1-3-13-11(12)4-7-18(13)14(19)15(10-17)5-8-20-9-6-15/h1-3H,4-10,17H2. The minimum absolute atomic E-state index is 0.129. The summed E-state index contributed by atoms with van der Waals surface area (Å²) in [5.41, 5.74) is 7.47. The summed E-state index contributed by atoms with van der Waals surface area (Å²) in [5, 5.41) is 0.742. The van der Waals surface area contributed by atoms with Crippen molar-refractivity contribution in [2.24, 2.45) is 11.1 Å². The summed E-state index contributed by atoms with van der Waals surface area (Å²) in [4.78, 5) is 14.8. The van der Waals surface area contributed by atoms with Crippen molar-refractivity contribution in [2.75, 3.05) is 31.2 Å². The molecule has 5 heteroatoms. The number of nitrogens with zero attached hydrogens (tertiary/aromatic N) is 1. The SMILES string of the molecule is NCC1(C(=O)N2CCc3c(Cl)cccc32)CCOCC1. The summed E-state index contributed by atoms with van der Waals surface area (Å²) in [5.74, 6) is 0.129. The van der Waals surface area contributed by atoms with Crippen molar-refractivity contribution in [1.82, 2.24) is 0 Å². The normalized spacial score (nSPS) is 20.8. The molecule has 1 fully saturated rings. The summed E-state index contributed by atoms with van der Waals surface area (Å²) in [6.07, 6.45) is 2.22. The molecule has 0 unspecified atom stereocenters. The monoisotopic (exact) mass is 294 g/mol. The van der Waals surface area contributed by atoms with Gasteiger partial charge in [0.25, 0.3) is 0 Å². The lowest BCUT2D eigenvalue weighted by Crippen LogP contribution is -2.50. The van der Waals surface area contributed by atoms with Crippen molar-refractivity contribution in [3.8, 4) is 0 Å². The molecule has 108 valence electrons. The Labute approximate surface area is 123 Å². The number of carbonyl (C=O) groups is 1. The second-order valence-corrected chi connectivity index (χ2v) is 5.95. The molecule has 2 aliphatic heterocycles. The molecule has 2 heterocycles. The summed E-state index contributed by atoms with van der Waals surface area (Å²) in [6.45, 7) is 2.29. The molecule has 1 amide bonds. The molecule has 0 spiro atoms. The smallest absolute Gasteiger partial charge is 0.234 e. The van der Waals surface area contributed by atoms with Crippen LogP contribution < -0.4 is 10.6 Å². The van der Waals surface area contributed by atoms with Crippen LogP contribution in [0.2, 0.25) is 5.02 Å². The molecule has 0 atom stereocenters. The fourth-order valence-corrected chi connectivity index (χ4v) is 3.42. The van der Waals surface area contributed by atoms with Crippen LogP contribution in [0.3, 0.4) is 0 Å². The average Bonchev–Trinajstić information content (AvgIpc) is 2.92. The Balaban J connectivity index is 1.91. The Bertz CT molecular complexity index is 527. The van der Waals surface area contributed by atoms with Crippen molar-refractivity contribution in [3.63, 3.8) is 0 Å². The Morgan fingerprint density at radius 2 is 2.15 bits per heavy atom. The number of fused-ring (bicyclic) bond motifs is 1. The molecule has 3 rings (SSSR count). The molecule has 20 heavy (non-hydrogen) atoms. The van der Waals surface area contributed by atoms with Gasteiger partial charge in [0.15, 0.2) is 0 Å². The zero-order valence-corrected chi connectivity index (χ0v) is 12.2. The second-order valence-electron chi connectivity index (χ2n) is 5.54. The first kappa shape index (κ1) is 13.9. The van der Waals surface area contributed by atoms with Gasteiger partial charge in [0.1, 0.15) is 0 Å². The number of anilines is 1. The first-order chi connectivity index (χ1) is 9.68. The Kier molecular flexibility index (Phi) is 3.71. The number of rotatable bonds is 2. The molecule has 1 aromatic rings. The largest absolute Gasteiger partial charge is 0.381 e. The molecule has 0 aliphatic carbocycles. The first-order valence-electron chi connectivity index (χ1n) is 7.05. The molecule has 0 bridgehead atoms. The number of ether oxygens (including phenoxy) is 1. The van der Waals surface area contributed by atoms with Gasteiger partial charge in [-0.1, -0.05) is 17.7 Å². The second kappa shape index (κ2) is 5.35. The summed E-state index contributed by atoms with van der Waals surface area (Å²) in [6, 6.07) is 5.74. The van der Waals surface area contributed by atoms with Gasteiger partial charge in [-0.3, -0.25) is 4.79 Å². The van der Waals surface area contributed by atoms with Crippen LogP contribution in [0.5, 0.6) is 0 Å². The van der Waals surface area contributed by atoms with Crippen molar-refractivity contribution in [3.05, 3.63) is 28.8 Å². The third kappa shape index (κ3) is 2.12. The van der Waals surface area contributed by atoms with E-state index in [-0.39, 0.29) is 5.91 Å². The van der Waals surface area contributed by atoms with Gasteiger partial charge in [0.05, 0.1) is 5.41 Å². The molecule has 0 radical (unpaired) electrons. The van der Waals surface area contributed by atoms with E-state index in [9.17, 15) is 4.79 Å². The maximum atomic E-state index is 13.0. The Hall–Kier alpha value is -1.10. The number of hydrogen-bond acceptors (Lipinski definition) is 3. The van der Waals surface area contributed by atoms with Gasteiger partial charge in [-0.25, -0.2) is 0 Å². The number of benzene rings is 1. The van der Waals surface area contributed by atoms with E-state index < -0.39 is 5.41 Å². The Morgan fingerprint density at radius 3 is 2.85 bits per heavy atom. The fourth-order valence-electron chi connectivity index (χ4n) is 3.16. The Morgan fingerprint density at radius 1 is 1.40 bits per heavy atom. The van der Waals surface area contributed by atoms with E-state index in [2.05, 4.69) is 0 Å². The van der Waals surface area contributed by atoms with E-state index in [0.717, 1.165) is 22.7 Å². The van der Waals surface area contributed by atoms with E-state index in [0.29, 0.717) is 39.1 Å². The molecule has 0 aromatic heterocycles. The predicted molar refractivity (Wildman–Crippen MR) is 79.0 cm³/mol. The average molecular weight is 295 g/mol. The van der Waals surface area contributed by atoms with Crippen LogP contribution in [0, 0.1) is 5.41 Å². The number of hydrogen-bond donors (Lipinski definition) is 1. The van der Waals surface area contributed by atoms with Gasteiger partial charge in [-0.05, 0) is 37.0 Å². The van der Waals surface area contributed by atoms with E-state index in [1.54, 1.807) is 0 Å². The van der Waals surface area contributed by atoms with Crippen molar-refractivity contribution in [2.45, 2.75) is 19.3 Å². The van der Waals surface area contributed by atoms with Gasteiger partial charge in [-0.2, -0.15) is 0 Å². The number of nitrogens with two attached hydrogens (primary N) is 1. The first-order valence-corrected chi connectivity index (χ1v) is 7.43. The van der Waals surface area contributed by atoms with E-state index in [1.165, 1.54) is 0 Å². The molecule has 0 saturated carbocycles. The zero-order chi connectivity index (χ0) is 14.2. The van der Waals surface area contributed by atoms with Crippen LogP contribution in [-0.2, 0) is 16.0 Å². The van der Waals surface area contributed by atoms with Crippen molar-refractivity contribution >= 4 is 23.2 Å². The summed E-state index contributed by atoms with van der Waals surface area (Å²) in [7, 11) is 0. The number of halogens is 1. The van der Waals surface area contributed by atoms with Gasteiger partial charge in [-0.15, -0.1) is 0 Å². The maximum absolute atomic E-state index is 13.0. The van der Waals surface area contributed by atoms with Crippen LogP contribution in [0.25, 0.3) is 0 Å². The minimum Gasteiger partial charge on any atom is -0.381 e. The molecular formula is C15H19ClN2O2. The molecule has 1 saturated heterocycles. The number of amides is 1. The highest BCUT2D eigenvalue weighted by Crippen LogP contribution is 2.39. The van der Waals surface area contributed by atoms with Crippen LogP contribution in [-0.4, -0.2) is 32.2 Å². The van der Waals surface area contributed by atoms with Gasteiger partial charge < -0.3 is 15.4 Å². The summed E-state index contributed by atoms with van der Waals surface area (Å²) < 4.78 is 5.38. The third-order valence-electron chi connectivity index (χ3n) is 4.51. The van der Waals surface area contributed by atoms with Crippen LogP contribution in [0.4, 0.5) is 5.69 Å². The lowest BCUT2D eigenvalue weighted by Gasteiger charge is -2.37. The van der Waals surface area contributed by atoms with E-state index in [4.69, 9.17) is 22.1 Å². The van der Waals surface area contributed by atoms with Gasteiger partial charge >= 0.3 is 0 Å². The van der Waals surface area contributed by atoms with Gasteiger partial charge in [0, 0.05) is 37.0 Å². The van der Waals surface area contributed by atoms with Gasteiger partial charge in [0.2, 0.25) is 5.91 Å². The van der Waals surface area contributed by atoms with Crippen molar-refractivity contribution in [1.29, 1.82) is 0 Å². The highest BCUT2D eigenvalue weighted by Gasteiger charge is 2.43. The predicted octanol–water partition coefficient (Wildman–Crippen LogP) is 1.98. The zero-order valence-electron chi connectivity index (χ0n) is 11.4. The highest BCUT2D eigenvalue weighted by molar-refractivity contribution is 6.32. The third-order valence-corrected chi connectivity index (χ3v) is 4.86. The molecule has 4 nitrogen and oxygen atoms in total.